The Morgan fingerprint density at radius 1 is 0.725 bits per heavy atom. The smallest absolute Gasteiger partial charge is 0.305 e. The van der Waals surface area contributed by atoms with E-state index in [2.05, 4.69) is 17.6 Å². The van der Waals surface area contributed by atoms with E-state index in [9.17, 15) is 28.8 Å². The van der Waals surface area contributed by atoms with E-state index in [1.807, 2.05) is 0 Å². The van der Waals surface area contributed by atoms with Crippen molar-refractivity contribution in [3.63, 3.8) is 0 Å². The number of benzene rings is 1. The molecule has 0 aromatic heterocycles. The predicted molar refractivity (Wildman–Crippen MR) is 193 cm³/mol. The first-order chi connectivity index (χ1) is 24.8. The first kappa shape index (κ1) is 41.8. The van der Waals surface area contributed by atoms with Gasteiger partial charge in [-0.2, -0.15) is 0 Å². The average Bonchev–Trinajstić information content (AvgIpc) is 3.36. The summed E-state index contributed by atoms with van der Waals surface area (Å²) in [6.07, 6.45) is 19.5. The summed E-state index contributed by atoms with van der Waals surface area (Å²) in [5, 5.41) is 4.91. The van der Waals surface area contributed by atoms with Gasteiger partial charge in [-0.3, -0.25) is 39.0 Å². The summed E-state index contributed by atoms with van der Waals surface area (Å²) >= 11 is 0. The van der Waals surface area contributed by atoms with Crippen molar-refractivity contribution in [3.8, 4) is 0 Å². The minimum atomic E-state index is -1.07. The first-order valence-electron chi connectivity index (χ1n) is 19.3. The van der Waals surface area contributed by atoms with Crippen molar-refractivity contribution in [3.05, 3.63) is 29.3 Å². The average molecular weight is 714 g/mol. The van der Waals surface area contributed by atoms with E-state index >= 15 is 0 Å². The number of nitrogens with zero attached hydrogens (tertiary/aromatic N) is 1. The molecule has 2 N–H and O–H groups in total. The molecule has 1 unspecified atom stereocenters. The minimum absolute atomic E-state index is 0.0322. The maximum absolute atomic E-state index is 13.2. The number of carbonyl (C=O) groups excluding carboxylic acids is 6. The number of rotatable bonds is 28. The SMILES string of the molecule is CCCCCCCCCCCCCCCC(=O)OCCOCCOCCCCCC(=O)Nc1cccc2c1C(=O)N(C1CCC(=O)NC1=O)C2=O. The lowest BCUT2D eigenvalue weighted by molar-refractivity contribution is -0.145. The van der Waals surface area contributed by atoms with E-state index in [4.69, 9.17) is 14.2 Å². The van der Waals surface area contributed by atoms with Crippen LogP contribution in [-0.4, -0.2) is 79.5 Å². The molecule has 0 spiro atoms. The summed E-state index contributed by atoms with van der Waals surface area (Å²) in [5.41, 5.74) is 0.391. The van der Waals surface area contributed by atoms with Crippen molar-refractivity contribution in [2.45, 2.75) is 141 Å². The number of unbranched alkanes of at least 4 members (excludes halogenated alkanes) is 14. The molecule has 1 aromatic carbocycles. The summed E-state index contributed by atoms with van der Waals surface area (Å²) in [6.45, 7) is 4.19. The Labute approximate surface area is 303 Å². The quantitative estimate of drug-likeness (QED) is 0.0552. The fourth-order valence-electron chi connectivity index (χ4n) is 6.39. The molecule has 0 radical (unpaired) electrons. The van der Waals surface area contributed by atoms with Crippen molar-refractivity contribution < 1.29 is 43.0 Å². The summed E-state index contributed by atoms with van der Waals surface area (Å²) in [6, 6.07) is 3.54. The van der Waals surface area contributed by atoms with Crippen molar-refractivity contribution in [2.24, 2.45) is 0 Å². The van der Waals surface area contributed by atoms with Crippen LogP contribution in [0.15, 0.2) is 18.2 Å². The highest BCUT2D eigenvalue weighted by Gasteiger charge is 2.45. The Bertz CT molecular complexity index is 1280. The van der Waals surface area contributed by atoms with Crippen molar-refractivity contribution in [1.29, 1.82) is 0 Å². The van der Waals surface area contributed by atoms with Crippen LogP contribution in [0.1, 0.15) is 156 Å². The van der Waals surface area contributed by atoms with Gasteiger partial charge >= 0.3 is 5.97 Å². The Hall–Kier alpha value is -3.64. The van der Waals surface area contributed by atoms with Gasteiger partial charge in [0.1, 0.15) is 12.6 Å². The molecule has 3 rings (SSSR count). The Kier molecular flexibility index (Phi) is 20.1. The van der Waals surface area contributed by atoms with E-state index in [0.29, 0.717) is 39.3 Å². The van der Waals surface area contributed by atoms with Crippen LogP contribution < -0.4 is 10.6 Å². The number of ether oxygens (including phenoxy) is 3. The molecule has 1 aromatic rings. The number of hydrogen-bond donors (Lipinski definition) is 2. The molecule has 2 heterocycles. The Morgan fingerprint density at radius 3 is 1.98 bits per heavy atom. The van der Waals surface area contributed by atoms with E-state index in [-0.39, 0.29) is 54.6 Å². The minimum Gasteiger partial charge on any atom is -0.463 e. The number of esters is 1. The fraction of sp³-hybridized carbons (Fsp3) is 0.692. The van der Waals surface area contributed by atoms with Crippen LogP contribution in [0.3, 0.4) is 0 Å². The molecule has 0 aliphatic carbocycles. The van der Waals surface area contributed by atoms with Crippen LogP contribution in [-0.2, 0) is 33.4 Å². The van der Waals surface area contributed by atoms with Crippen molar-refractivity contribution in [1.82, 2.24) is 10.2 Å². The third-order valence-electron chi connectivity index (χ3n) is 9.28. The summed E-state index contributed by atoms with van der Waals surface area (Å²) in [5.74, 6) is -2.87. The lowest BCUT2D eigenvalue weighted by Crippen LogP contribution is -2.54. The van der Waals surface area contributed by atoms with E-state index in [1.54, 1.807) is 12.1 Å². The normalized spacial score (nSPS) is 15.6. The van der Waals surface area contributed by atoms with Gasteiger partial charge in [-0.15, -0.1) is 0 Å². The van der Waals surface area contributed by atoms with Gasteiger partial charge in [-0.05, 0) is 37.8 Å². The third kappa shape index (κ3) is 15.2. The van der Waals surface area contributed by atoms with Gasteiger partial charge in [0.2, 0.25) is 17.7 Å². The monoisotopic (exact) mass is 713 g/mol. The van der Waals surface area contributed by atoms with E-state index in [1.165, 1.54) is 76.7 Å². The third-order valence-corrected chi connectivity index (χ3v) is 9.28. The largest absolute Gasteiger partial charge is 0.463 e. The number of carbonyl (C=O) groups is 6. The molecular weight excluding hydrogens is 654 g/mol. The molecule has 0 bridgehead atoms. The lowest BCUT2D eigenvalue weighted by atomic mass is 10.0. The van der Waals surface area contributed by atoms with Gasteiger partial charge in [0.25, 0.3) is 11.8 Å². The number of piperidine rings is 1. The summed E-state index contributed by atoms with van der Waals surface area (Å²) in [7, 11) is 0. The van der Waals surface area contributed by atoms with Crippen LogP contribution in [0.4, 0.5) is 5.69 Å². The Morgan fingerprint density at radius 2 is 1.31 bits per heavy atom. The highest BCUT2D eigenvalue weighted by Crippen LogP contribution is 2.32. The molecule has 12 nitrogen and oxygen atoms in total. The summed E-state index contributed by atoms with van der Waals surface area (Å²) in [4.78, 5) is 75.4. The molecule has 2 aliphatic heterocycles. The number of hydrogen-bond acceptors (Lipinski definition) is 9. The zero-order chi connectivity index (χ0) is 36.7. The van der Waals surface area contributed by atoms with Crippen LogP contribution in [0.5, 0.6) is 0 Å². The molecule has 5 amide bonds. The highest BCUT2D eigenvalue weighted by atomic mass is 16.6. The van der Waals surface area contributed by atoms with Crippen molar-refractivity contribution in [2.75, 3.05) is 38.4 Å². The predicted octanol–water partition coefficient (Wildman–Crippen LogP) is 6.64. The second kappa shape index (κ2) is 24.5. The number of nitrogens with one attached hydrogen (secondary N) is 2. The molecule has 1 saturated heterocycles. The van der Waals surface area contributed by atoms with Gasteiger partial charge in [0, 0.05) is 25.9 Å². The number of amides is 5. The topological polar surface area (TPSA) is 157 Å². The summed E-state index contributed by atoms with van der Waals surface area (Å²) < 4.78 is 16.3. The zero-order valence-corrected chi connectivity index (χ0v) is 30.6. The maximum atomic E-state index is 13.2. The number of anilines is 1. The molecule has 2 aliphatic rings. The molecule has 1 fully saturated rings. The Balaban J connectivity index is 1.12. The van der Waals surface area contributed by atoms with Crippen LogP contribution >= 0.6 is 0 Å². The number of imide groups is 2. The first-order valence-corrected chi connectivity index (χ1v) is 19.3. The lowest BCUT2D eigenvalue weighted by Gasteiger charge is -2.27. The van der Waals surface area contributed by atoms with Gasteiger partial charge in [0.15, 0.2) is 0 Å². The molecule has 0 saturated carbocycles. The van der Waals surface area contributed by atoms with Gasteiger partial charge in [0.05, 0.1) is 36.6 Å². The van der Waals surface area contributed by atoms with E-state index in [0.717, 1.165) is 30.6 Å². The van der Waals surface area contributed by atoms with Crippen LogP contribution in [0, 0.1) is 0 Å². The maximum Gasteiger partial charge on any atom is 0.305 e. The molecule has 284 valence electrons. The molecule has 51 heavy (non-hydrogen) atoms. The molecule has 12 heteroatoms. The second-order valence-electron chi connectivity index (χ2n) is 13.5. The van der Waals surface area contributed by atoms with Crippen LogP contribution in [0.2, 0.25) is 0 Å². The second-order valence-corrected chi connectivity index (χ2v) is 13.5. The highest BCUT2D eigenvalue weighted by molar-refractivity contribution is 6.26. The zero-order valence-electron chi connectivity index (χ0n) is 30.6. The molecule has 1 atom stereocenters. The van der Waals surface area contributed by atoms with Gasteiger partial charge in [-0.1, -0.05) is 96.5 Å². The molecular formula is C39H59N3O9. The number of fused-ring (bicyclic) bond motifs is 1. The standard InChI is InChI=1S/C39H59N3O9/c1-2-3-4-5-6-7-8-9-10-11-12-13-16-22-35(45)51-29-28-50-27-26-49-25-17-14-15-21-33(43)40-31-20-18-19-30-36(31)39(48)42(38(30)47)32-23-24-34(44)41-37(32)46/h18-20,32H,2-17,21-29H2,1H3,(H,40,43)(H,41,44,46). The van der Waals surface area contributed by atoms with Crippen molar-refractivity contribution >= 4 is 41.2 Å². The van der Waals surface area contributed by atoms with Crippen LogP contribution in [0.25, 0.3) is 0 Å². The van der Waals surface area contributed by atoms with Gasteiger partial charge < -0.3 is 19.5 Å². The van der Waals surface area contributed by atoms with E-state index < -0.39 is 29.7 Å². The van der Waals surface area contributed by atoms with Gasteiger partial charge in [-0.25, -0.2) is 0 Å². The fourth-order valence-corrected chi connectivity index (χ4v) is 6.39.